The van der Waals surface area contributed by atoms with Crippen molar-refractivity contribution in [1.82, 2.24) is 0 Å². The van der Waals surface area contributed by atoms with Crippen LogP contribution < -0.4 is 5.73 Å². The fourth-order valence-corrected chi connectivity index (χ4v) is 1.43. The van der Waals surface area contributed by atoms with E-state index >= 15 is 0 Å². The van der Waals surface area contributed by atoms with E-state index < -0.39 is 28.5 Å². The Balaban J connectivity index is 3.28. The van der Waals surface area contributed by atoms with E-state index in [4.69, 9.17) is 22.4 Å². The Morgan fingerprint density at radius 1 is 1.53 bits per heavy atom. The van der Waals surface area contributed by atoms with Crippen molar-refractivity contribution >= 4 is 17.6 Å². The van der Waals surface area contributed by atoms with Gasteiger partial charge in [-0.05, 0) is 11.6 Å². The number of hydrogen-bond donors (Lipinski definition) is 2. The molecule has 0 heterocycles. The first-order valence-electron chi connectivity index (χ1n) is 4.04. The van der Waals surface area contributed by atoms with Gasteiger partial charge in [-0.25, -0.2) is 8.78 Å². The third-order valence-electron chi connectivity index (χ3n) is 1.93. The Kier molecular flexibility index (Phi) is 3.60. The minimum absolute atomic E-state index is 0.149. The fourth-order valence-electron chi connectivity index (χ4n) is 1.19. The average molecular weight is 236 g/mol. The van der Waals surface area contributed by atoms with Gasteiger partial charge in [-0.1, -0.05) is 11.6 Å². The van der Waals surface area contributed by atoms with Crippen LogP contribution in [0.4, 0.5) is 8.78 Å². The molecule has 1 aromatic rings. The molecule has 0 aliphatic carbocycles. The van der Waals surface area contributed by atoms with Gasteiger partial charge in [0.2, 0.25) is 0 Å². The van der Waals surface area contributed by atoms with Crippen molar-refractivity contribution in [3.63, 3.8) is 0 Å². The van der Waals surface area contributed by atoms with E-state index in [0.29, 0.717) is 6.07 Å². The summed E-state index contributed by atoms with van der Waals surface area (Å²) in [5.41, 5.74) is 5.04. The summed E-state index contributed by atoms with van der Waals surface area (Å²) in [6, 6.07) is 1.46. The van der Waals surface area contributed by atoms with Gasteiger partial charge in [0.25, 0.3) is 0 Å². The van der Waals surface area contributed by atoms with Crippen molar-refractivity contribution in [2.45, 2.75) is 5.92 Å². The average Bonchev–Trinajstić information content (AvgIpc) is 2.13. The van der Waals surface area contributed by atoms with Gasteiger partial charge in [0, 0.05) is 12.6 Å². The molecule has 6 heteroatoms. The summed E-state index contributed by atoms with van der Waals surface area (Å²) in [6.45, 7) is -0.280. The highest BCUT2D eigenvalue weighted by atomic mass is 35.5. The predicted octanol–water partition coefficient (Wildman–Crippen LogP) is 1.75. The SMILES string of the molecule is NCC(C(=O)O)c1cc(F)cc(F)c1Cl. The molecule has 0 saturated heterocycles. The lowest BCUT2D eigenvalue weighted by Gasteiger charge is -2.12. The van der Waals surface area contributed by atoms with Gasteiger partial charge in [-0.3, -0.25) is 4.79 Å². The van der Waals surface area contributed by atoms with Crippen molar-refractivity contribution < 1.29 is 18.7 Å². The van der Waals surface area contributed by atoms with Crippen LogP contribution in [0.1, 0.15) is 11.5 Å². The van der Waals surface area contributed by atoms with Crippen molar-refractivity contribution in [3.8, 4) is 0 Å². The molecule has 3 nitrogen and oxygen atoms in total. The Morgan fingerprint density at radius 2 is 2.13 bits per heavy atom. The van der Waals surface area contributed by atoms with E-state index in [1.165, 1.54) is 0 Å². The number of benzene rings is 1. The summed E-state index contributed by atoms with van der Waals surface area (Å²) < 4.78 is 25.8. The second kappa shape index (κ2) is 4.55. The number of carbonyl (C=O) groups is 1. The van der Waals surface area contributed by atoms with E-state index in [1.54, 1.807) is 0 Å². The molecule has 0 amide bonds. The molecule has 1 rings (SSSR count). The first-order chi connectivity index (χ1) is 6.97. The minimum Gasteiger partial charge on any atom is -0.481 e. The lowest BCUT2D eigenvalue weighted by atomic mass is 9.99. The fraction of sp³-hybridized carbons (Fsp3) is 0.222. The Hall–Kier alpha value is -1.20. The second-order valence-corrected chi connectivity index (χ2v) is 3.30. The highest BCUT2D eigenvalue weighted by molar-refractivity contribution is 6.31. The van der Waals surface area contributed by atoms with Crippen LogP contribution in [0.2, 0.25) is 5.02 Å². The molecule has 0 spiro atoms. The lowest BCUT2D eigenvalue weighted by molar-refractivity contribution is -0.138. The summed E-state index contributed by atoms with van der Waals surface area (Å²) in [6.07, 6.45) is 0. The zero-order chi connectivity index (χ0) is 11.6. The van der Waals surface area contributed by atoms with E-state index in [0.717, 1.165) is 6.07 Å². The summed E-state index contributed by atoms with van der Waals surface area (Å²) in [4.78, 5) is 10.7. The molecule has 0 saturated carbocycles. The third-order valence-corrected chi connectivity index (χ3v) is 2.33. The molecular formula is C9H8ClF2NO2. The number of nitrogens with two attached hydrogens (primary N) is 1. The summed E-state index contributed by atoms with van der Waals surface area (Å²) in [7, 11) is 0. The zero-order valence-electron chi connectivity index (χ0n) is 7.51. The predicted molar refractivity (Wildman–Crippen MR) is 50.8 cm³/mol. The first kappa shape index (κ1) is 11.9. The van der Waals surface area contributed by atoms with Crippen LogP contribution in [0.15, 0.2) is 12.1 Å². The molecule has 3 N–H and O–H groups in total. The van der Waals surface area contributed by atoms with E-state index in [9.17, 15) is 13.6 Å². The van der Waals surface area contributed by atoms with Crippen molar-refractivity contribution in [2.24, 2.45) is 5.73 Å². The van der Waals surface area contributed by atoms with Gasteiger partial charge in [-0.15, -0.1) is 0 Å². The third kappa shape index (κ3) is 2.43. The zero-order valence-corrected chi connectivity index (χ0v) is 8.26. The largest absolute Gasteiger partial charge is 0.481 e. The molecule has 1 aromatic carbocycles. The van der Waals surface area contributed by atoms with Crippen LogP contribution in [0.3, 0.4) is 0 Å². The Morgan fingerprint density at radius 3 is 2.60 bits per heavy atom. The van der Waals surface area contributed by atoms with Gasteiger partial charge < -0.3 is 10.8 Å². The summed E-state index contributed by atoms with van der Waals surface area (Å²) >= 11 is 5.52. The van der Waals surface area contributed by atoms with Gasteiger partial charge in [0.1, 0.15) is 11.6 Å². The number of rotatable bonds is 3. The maximum atomic E-state index is 13.0. The van der Waals surface area contributed by atoms with Gasteiger partial charge in [-0.2, -0.15) is 0 Å². The summed E-state index contributed by atoms with van der Waals surface area (Å²) in [5.74, 6) is -4.36. The van der Waals surface area contributed by atoms with Crippen molar-refractivity contribution in [2.75, 3.05) is 6.54 Å². The molecule has 82 valence electrons. The number of aliphatic carboxylic acids is 1. The molecular weight excluding hydrogens is 228 g/mol. The monoisotopic (exact) mass is 235 g/mol. The Bertz CT molecular complexity index is 398. The quantitative estimate of drug-likeness (QED) is 0.785. The molecule has 0 aromatic heterocycles. The van der Waals surface area contributed by atoms with E-state index in [2.05, 4.69) is 0 Å². The topological polar surface area (TPSA) is 63.3 Å². The number of hydrogen-bond acceptors (Lipinski definition) is 2. The van der Waals surface area contributed by atoms with E-state index in [1.807, 2.05) is 0 Å². The normalized spacial score (nSPS) is 12.5. The van der Waals surface area contributed by atoms with Crippen molar-refractivity contribution in [1.29, 1.82) is 0 Å². The van der Waals surface area contributed by atoms with Gasteiger partial charge >= 0.3 is 5.97 Å². The number of halogens is 3. The Labute approximate surface area is 89.5 Å². The van der Waals surface area contributed by atoms with Gasteiger partial charge in [0.05, 0.1) is 10.9 Å². The molecule has 15 heavy (non-hydrogen) atoms. The maximum Gasteiger partial charge on any atom is 0.312 e. The highest BCUT2D eigenvalue weighted by Gasteiger charge is 2.23. The maximum absolute atomic E-state index is 13.0. The molecule has 0 radical (unpaired) electrons. The molecule has 0 aliphatic rings. The van der Waals surface area contributed by atoms with Crippen molar-refractivity contribution in [3.05, 3.63) is 34.4 Å². The van der Waals surface area contributed by atoms with E-state index in [-0.39, 0.29) is 12.1 Å². The summed E-state index contributed by atoms with van der Waals surface area (Å²) in [5, 5.41) is 8.34. The molecule has 0 fully saturated rings. The van der Waals surface area contributed by atoms with Crippen LogP contribution in [0, 0.1) is 11.6 Å². The molecule has 1 atom stereocenters. The number of carboxylic acids is 1. The second-order valence-electron chi connectivity index (χ2n) is 2.92. The van der Waals surface area contributed by atoms with Crippen LogP contribution >= 0.6 is 11.6 Å². The highest BCUT2D eigenvalue weighted by Crippen LogP contribution is 2.28. The standard InChI is InChI=1S/C9H8ClF2NO2/c10-8-5(6(3-13)9(14)15)1-4(11)2-7(8)12/h1-2,6H,3,13H2,(H,14,15). The van der Waals surface area contributed by atoms with Crippen LogP contribution in [0.25, 0.3) is 0 Å². The lowest BCUT2D eigenvalue weighted by Crippen LogP contribution is -2.21. The van der Waals surface area contributed by atoms with Crippen LogP contribution in [0.5, 0.6) is 0 Å². The number of carboxylic acid groups (broad SMARTS) is 1. The van der Waals surface area contributed by atoms with Crippen LogP contribution in [-0.2, 0) is 4.79 Å². The minimum atomic E-state index is -1.27. The first-order valence-corrected chi connectivity index (χ1v) is 4.42. The van der Waals surface area contributed by atoms with Crippen LogP contribution in [-0.4, -0.2) is 17.6 Å². The smallest absolute Gasteiger partial charge is 0.312 e. The molecule has 0 bridgehead atoms. The molecule has 1 unspecified atom stereocenters. The van der Waals surface area contributed by atoms with Gasteiger partial charge in [0.15, 0.2) is 0 Å². The molecule has 0 aliphatic heterocycles.